The predicted octanol–water partition coefficient (Wildman–Crippen LogP) is 1.59. The molecule has 0 atom stereocenters. The van der Waals surface area contributed by atoms with Crippen molar-refractivity contribution in [1.29, 1.82) is 0 Å². The highest BCUT2D eigenvalue weighted by molar-refractivity contribution is 5.29. The number of rotatable bonds is 1. The summed E-state index contributed by atoms with van der Waals surface area (Å²) in [5.74, 6) is -2.15. The number of aromatic nitrogens is 2. The van der Waals surface area contributed by atoms with Gasteiger partial charge in [0, 0.05) is 7.05 Å². The molecular weight excluding hydrogens is 192 g/mol. The van der Waals surface area contributed by atoms with E-state index in [2.05, 4.69) is 9.84 Å². The minimum atomic E-state index is -4.67. The van der Waals surface area contributed by atoms with E-state index in [0.717, 1.165) is 14.2 Å². The Kier molecular flexibility index (Phi) is 2.19. The minimum Gasteiger partial charge on any atom is -0.490 e. The van der Waals surface area contributed by atoms with Crippen molar-refractivity contribution in [1.82, 2.24) is 9.78 Å². The Balaban J connectivity index is 3.34. The third-order valence-corrected chi connectivity index (χ3v) is 1.44. The quantitative estimate of drug-likeness (QED) is 0.640. The van der Waals surface area contributed by atoms with Gasteiger partial charge >= 0.3 is 6.18 Å². The van der Waals surface area contributed by atoms with Gasteiger partial charge in [0.05, 0.1) is 7.11 Å². The molecule has 1 rings (SSSR count). The van der Waals surface area contributed by atoms with Crippen molar-refractivity contribution < 1.29 is 22.3 Å². The maximum atomic E-state index is 12.6. The first-order valence-electron chi connectivity index (χ1n) is 3.21. The molecule has 0 fully saturated rings. The van der Waals surface area contributed by atoms with Crippen molar-refractivity contribution in [2.24, 2.45) is 7.05 Å². The Bertz CT molecular complexity index is 317. The summed E-state index contributed by atoms with van der Waals surface area (Å²) in [5, 5.41) is 2.95. The number of methoxy groups -OCH3 is 1. The van der Waals surface area contributed by atoms with Crippen molar-refractivity contribution in [3.05, 3.63) is 11.6 Å². The van der Waals surface area contributed by atoms with Crippen LogP contribution in [0.5, 0.6) is 5.75 Å². The van der Waals surface area contributed by atoms with Crippen LogP contribution in [-0.2, 0) is 13.2 Å². The zero-order valence-electron chi connectivity index (χ0n) is 6.81. The lowest BCUT2D eigenvalue weighted by atomic mass is 10.4. The summed E-state index contributed by atoms with van der Waals surface area (Å²) in [7, 11) is 1.95. The molecule has 0 saturated heterocycles. The van der Waals surface area contributed by atoms with Crippen molar-refractivity contribution in [3.8, 4) is 5.75 Å². The lowest BCUT2D eigenvalue weighted by Gasteiger charge is -2.07. The van der Waals surface area contributed by atoms with Gasteiger partial charge in [0.2, 0.25) is 5.75 Å². The van der Waals surface area contributed by atoms with E-state index < -0.39 is 23.6 Å². The van der Waals surface area contributed by atoms with E-state index in [1.165, 1.54) is 0 Å². The van der Waals surface area contributed by atoms with Crippen LogP contribution in [0.3, 0.4) is 0 Å². The lowest BCUT2D eigenvalue weighted by molar-refractivity contribution is -0.144. The zero-order valence-corrected chi connectivity index (χ0v) is 6.81. The third-order valence-electron chi connectivity index (χ3n) is 1.44. The number of halogens is 4. The first kappa shape index (κ1) is 9.82. The molecule has 74 valence electrons. The van der Waals surface area contributed by atoms with Gasteiger partial charge < -0.3 is 4.74 Å². The number of hydrogen-bond acceptors (Lipinski definition) is 2. The van der Waals surface area contributed by atoms with Gasteiger partial charge in [-0.2, -0.15) is 17.6 Å². The summed E-state index contributed by atoms with van der Waals surface area (Å²) in [6.45, 7) is 0. The Morgan fingerprint density at radius 1 is 1.38 bits per heavy atom. The number of ether oxygens (including phenoxy) is 1. The van der Waals surface area contributed by atoms with E-state index in [4.69, 9.17) is 0 Å². The monoisotopic (exact) mass is 198 g/mol. The first-order chi connectivity index (χ1) is 5.88. The molecule has 13 heavy (non-hydrogen) atoms. The molecule has 1 heterocycles. The summed E-state index contributed by atoms with van der Waals surface area (Å²) >= 11 is 0. The predicted molar refractivity (Wildman–Crippen MR) is 34.7 cm³/mol. The molecule has 0 aliphatic heterocycles. The molecule has 0 unspecified atom stereocenters. The number of nitrogens with zero attached hydrogens (tertiary/aromatic N) is 2. The molecule has 0 aliphatic rings. The summed E-state index contributed by atoms with van der Waals surface area (Å²) in [4.78, 5) is 0. The van der Waals surface area contributed by atoms with Crippen LogP contribution >= 0.6 is 0 Å². The molecule has 1 aromatic rings. The van der Waals surface area contributed by atoms with Crippen LogP contribution in [0, 0.1) is 5.95 Å². The van der Waals surface area contributed by atoms with E-state index in [9.17, 15) is 17.6 Å². The third kappa shape index (κ3) is 1.58. The minimum absolute atomic E-state index is 0.397. The Hall–Kier alpha value is -1.27. The molecule has 1 aromatic heterocycles. The first-order valence-corrected chi connectivity index (χ1v) is 3.21. The van der Waals surface area contributed by atoms with E-state index in [1.807, 2.05) is 0 Å². The van der Waals surface area contributed by atoms with Crippen molar-refractivity contribution in [2.75, 3.05) is 7.11 Å². The average molecular weight is 198 g/mol. The lowest BCUT2D eigenvalue weighted by Crippen LogP contribution is -2.12. The van der Waals surface area contributed by atoms with Crippen LogP contribution in [0.2, 0.25) is 0 Å². The van der Waals surface area contributed by atoms with Crippen LogP contribution in [-0.4, -0.2) is 16.9 Å². The second-order valence-electron chi connectivity index (χ2n) is 2.29. The molecule has 0 bridgehead atoms. The SMILES string of the molecule is COc1c(F)nn(C)c1C(F)(F)F. The van der Waals surface area contributed by atoms with Gasteiger partial charge in [-0.05, 0) is 0 Å². The highest BCUT2D eigenvalue weighted by Crippen LogP contribution is 2.36. The van der Waals surface area contributed by atoms with E-state index in [0.29, 0.717) is 4.68 Å². The number of alkyl halides is 3. The second-order valence-corrected chi connectivity index (χ2v) is 2.29. The Morgan fingerprint density at radius 2 is 1.92 bits per heavy atom. The molecule has 0 saturated carbocycles. The van der Waals surface area contributed by atoms with Crippen LogP contribution in [0.15, 0.2) is 0 Å². The molecule has 7 heteroatoms. The molecular formula is C6H6F4N2O. The fourth-order valence-electron chi connectivity index (χ4n) is 0.965. The van der Waals surface area contributed by atoms with E-state index >= 15 is 0 Å². The topological polar surface area (TPSA) is 27.1 Å². The highest BCUT2D eigenvalue weighted by Gasteiger charge is 2.40. The summed E-state index contributed by atoms with van der Waals surface area (Å²) in [6, 6.07) is 0. The summed E-state index contributed by atoms with van der Waals surface area (Å²) < 4.78 is 53.9. The van der Waals surface area contributed by atoms with Gasteiger partial charge in [-0.3, -0.25) is 4.68 Å². The van der Waals surface area contributed by atoms with Crippen LogP contribution in [0.4, 0.5) is 17.6 Å². The molecule has 0 aromatic carbocycles. The van der Waals surface area contributed by atoms with Gasteiger partial charge in [-0.1, -0.05) is 0 Å². The Labute approximate surface area is 70.9 Å². The molecule has 0 N–H and O–H groups in total. The number of hydrogen-bond donors (Lipinski definition) is 0. The molecule has 0 aliphatic carbocycles. The fourth-order valence-corrected chi connectivity index (χ4v) is 0.965. The van der Waals surface area contributed by atoms with Gasteiger partial charge in [-0.25, -0.2) is 0 Å². The number of aryl methyl sites for hydroxylation is 1. The van der Waals surface area contributed by atoms with Crippen LogP contribution in [0.1, 0.15) is 5.69 Å². The van der Waals surface area contributed by atoms with Gasteiger partial charge in [0.25, 0.3) is 5.95 Å². The molecule has 0 spiro atoms. The van der Waals surface area contributed by atoms with Gasteiger partial charge in [0.15, 0.2) is 5.69 Å². The molecule has 0 radical (unpaired) electrons. The molecule has 0 amide bonds. The van der Waals surface area contributed by atoms with Crippen LogP contribution < -0.4 is 4.74 Å². The smallest absolute Gasteiger partial charge is 0.436 e. The van der Waals surface area contributed by atoms with Crippen LogP contribution in [0.25, 0.3) is 0 Å². The maximum absolute atomic E-state index is 12.6. The second kappa shape index (κ2) is 2.90. The fraction of sp³-hybridized carbons (Fsp3) is 0.500. The van der Waals surface area contributed by atoms with Crippen molar-refractivity contribution in [3.63, 3.8) is 0 Å². The van der Waals surface area contributed by atoms with E-state index in [-0.39, 0.29) is 0 Å². The van der Waals surface area contributed by atoms with Gasteiger partial charge in [-0.15, -0.1) is 5.10 Å². The average Bonchev–Trinajstić information content (AvgIpc) is 2.23. The van der Waals surface area contributed by atoms with Gasteiger partial charge in [0.1, 0.15) is 0 Å². The zero-order chi connectivity index (χ0) is 10.2. The normalized spacial score (nSPS) is 11.8. The molecule has 3 nitrogen and oxygen atoms in total. The Morgan fingerprint density at radius 3 is 2.23 bits per heavy atom. The van der Waals surface area contributed by atoms with E-state index in [1.54, 1.807) is 0 Å². The largest absolute Gasteiger partial charge is 0.490 e. The standard InChI is InChI=1S/C6H6F4N2O/c1-12-4(6(8,9)10)3(13-2)5(7)11-12/h1-2H3. The highest BCUT2D eigenvalue weighted by atomic mass is 19.4. The summed E-state index contributed by atoms with van der Waals surface area (Å²) in [5.41, 5.74) is -1.23. The van der Waals surface area contributed by atoms with Crippen molar-refractivity contribution in [2.45, 2.75) is 6.18 Å². The van der Waals surface area contributed by atoms with Crippen molar-refractivity contribution >= 4 is 0 Å². The maximum Gasteiger partial charge on any atom is 0.436 e. The summed E-state index contributed by atoms with van der Waals surface area (Å²) in [6.07, 6.45) is -4.67.